The Morgan fingerprint density at radius 2 is 2.04 bits per heavy atom. The van der Waals surface area contributed by atoms with Crippen molar-refractivity contribution in [2.24, 2.45) is 0 Å². The monoisotopic (exact) mass is 419 g/mol. The number of nitrogens with zero attached hydrogens (tertiary/aromatic N) is 2. The van der Waals surface area contributed by atoms with Gasteiger partial charge in [0.1, 0.15) is 16.2 Å². The third kappa shape index (κ3) is 5.05. The number of thioether (sulfide) groups is 1. The number of nitrogens with one attached hydrogen (secondary N) is 1. The fourth-order valence-electron chi connectivity index (χ4n) is 4.14. The van der Waals surface area contributed by atoms with Crippen LogP contribution in [0.25, 0.3) is 10.2 Å². The van der Waals surface area contributed by atoms with E-state index in [0.717, 1.165) is 35.7 Å². The van der Waals surface area contributed by atoms with Gasteiger partial charge in [-0.2, -0.15) is 0 Å². The van der Waals surface area contributed by atoms with Crippen LogP contribution in [0.5, 0.6) is 0 Å². The van der Waals surface area contributed by atoms with Gasteiger partial charge in [-0.05, 0) is 50.5 Å². The number of aryl methyl sites for hydroxylation is 2. The summed E-state index contributed by atoms with van der Waals surface area (Å²) in [5, 5.41) is 5.17. The largest absolute Gasteiger partial charge is 0.378 e. The highest BCUT2D eigenvalue weighted by atomic mass is 32.2. The molecule has 7 heteroatoms. The molecule has 1 N–H and O–H groups in total. The lowest BCUT2D eigenvalue weighted by Gasteiger charge is -2.21. The van der Waals surface area contributed by atoms with E-state index in [1.165, 1.54) is 72.5 Å². The Labute approximate surface area is 175 Å². The fraction of sp³-hybridized carbons (Fsp3) is 0.667. The minimum absolute atomic E-state index is 0.0681. The molecule has 2 aliphatic rings. The van der Waals surface area contributed by atoms with Crippen molar-refractivity contribution >= 4 is 39.2 Å². The molecule has 0 bridgehead atoms. The van der Waals surface area contributed by atoms with Gasteiger partial charge in [0, 0.05) is 23.4 Å². The Hall–Kier alpha value is -1.18. The Balaban J connectivity index is 1.22. The normalized spacial score (nSPS) is 17.6. The van der Waals surface area contributed by atoms with E-state index in [9.17, 15) is 4.79 Å². The number of aromatic nitrogens is 2. The first-order valence-corrected chi connectivity index (χ1v) is 12.4. The first-order valence-electron chi connectivity index (χ1n) is 10.6. The standard InChI is InChI=1S/C21H29N3O2S2/c25-18(22-11-6-12-26-15-7-2-1-3-8-15)13-27-20-19-16-9-4-5-10-17(16)28-21(19)24-14-23-20/h14-15H,1-13H2,(H,22,25). The summed E-state index contributed by atoms with van der Waals surface area (Å²) >= 11 is 3.33. The summed E-state index contributed by atoms with van der Waals surface area (Å²) in [6.07, 6.45) is 14.1. The van der Waals surface area contributed by atoms with Crippen molar-refractivity contribution in [1.82, 2.24) is 15.3 Å². The van der Waals surface area contributed by atoms with Gasteiger partial charge in [0.05, 0.1) is 11.9 Å². The number of carbonyl (C=O) groups excluding carboxylic acids is 1. The van der Waals surface area contributed by atoms with Gasteiger partial charge in [0.2, 0.25) is 5.91 Å². The minimum atomic E-state index is 0.0681. The lowest BCUT2D eigenvalue weighted by molar-refractivity contribution is -0.118. The Kier molecular flexibility index (Phi) is 7.20. The van der Waals surface area contributed by atoms with Crippen LogP contribution in [0.1, 0.15) is 61.8 Å². The number of fused-ring (bicyclic) bond motifs is 3. The Bertz CT molecular complexity index is 802. The molecule has 0 saturated heterocycles. The molecule has 1 saturated carbocycles. The summed E-state index contributed by atoms with van der Waals surface area (Å²) in [4.78, 5) is 23.7. The molecule has 4 rings (SSSR count). The fourth-order valence-corrected chi connectivity index (χ4v) is 6.29. The number of thiophene rings is 1. The molecule has 0 aliphatic heterocycles. The molecule has 2 heterocycles. The second-order valence-electron chi connectivity index (χ2n) is 7.69. The van der Waals surface area contributed by atoms with Crippen molar-refractivity contribution in [1.29, 1.82) is 0 Å². The van der Waals surface area contributed by atoms with Gasteiger partial charge in [-0.1, -0.05) is 31.0 Å². The predicted octanol–water partition coefficient (Wildman–Crippen LogP) is 4.52. The smallest absolute Gasteiger partial charge is 0.230 e. The van der Waals surface area contributed by atoms with Crippen molar-refractivity contribution in [2.75, 3.05) is 18.9 Å². The Morgan fingerprint density at radius 1 is 1.18 bits per heavy atom. The summed E-state index contributed by atoms with van der Waals surface area (Å²) in [5.41, 5.74) is 1.43. The number of ether oxygens (including phenoxy) is 1. The van der Waals surface area contributed by atoms with Crippen molar-refractivity contribution in [2.45, 2.75) is 75.3 Å². The molecule has 5 nitrogen and oxygen atoms in total. The van der Waals surface area contributed by atoms with Crippen LogP contribution >= 0.6 is 23.1 Å². The lowest BCUT2D eigenvalue weighted by atomic mass is 9.97. The van der Waals surface area contributed by atoms with Crippen LogP contribution in [0.4, 0.5) is 0 Å². The minimum Gasteiger partial charge on any atom is -0.378 e. The van der Waals surface area contributed by atoms with Gasteiger partial charge in [0.25, 0.3) is 0 Å². The van der Waals surface area contributed by atoms with Crippen LogP contribution < -0.4 is 5.32 Å². The van der Waals surface area contributed by atoms with E-state index in [-0.39, 0.29) is 5.91 Å². The molecule has 152 valence electrons. The molecule has 1 amide bonds. The van der Waals surface area contributed by atoms with Crippen molar-refractivity contribution in [3.8, 4) is 0 Å². The van der Waals surface area contributed by atoms with Crippen LogP contribution in [0.3, 0.4) is 0 Å². The van der Waals surface area contributed by atoms with E-state index in [1.807, 2.05) is 0 Å². The van der Waals surface area contributed by atoms with E-state index in [1.54, 1.807) is 17.7 Å². The highest BCUT2D eigenvalue weighted by Crippen LogP contribution is 2.39. The van der Waals surface area contributed by atoms with Gasteiger partial charge in [-0.3, -0.25) is 4.79 Å². The first-order chi connectivity index (χ1) is 13.8. The molecule has 2 aromatic rings. The topological polar surface area (TPSA) is 64.1 Å². The molecule has 0 atom stereocenters. The third-order valence-corrected chi connectivity index (χ3v) is 7.79. The maximum absolute atomic E-state index is 12.2. The SMILES string of the molecule is O=C(CSc1ncnc2sc3c(c12)CCCC3)NCCCOC1CCCCC1. The number of amides is 1. The number of carbonyl (C=O) groups is 1. The molecule has 0 spiro atoms. The van der Waals surface area contributed by atoms with Crippen molar-refractivity contribution in [3.63, 3.8) is 0 Å². The zero-order valence-electron chi connectivity index (χ0n) is 16.4. The number of hydrogen-bond acceptors (Lipinski definition) is 6. The van der Waals surface area contributed by atoms with Crippen LogP contribution in [0, 0.1) is 0 Å². The predicted molar refractivity (Wildman–Crippen MR) is 115 cm³/mol. The maximum atomic E-state index is 12.2. The maximum Gasteiger partial charge on any atom is 0.230 e. The average Bonchev–Trinajstić information content (AvgIpc) is 3.12. The van der Waals surface area contributed by atoms with Crippen molar-refractivity contribution < 1.29 is 9.53 Å². The molecule has 0 radical (unpaired) electrons. The molecular formula is C21H29N3O2S2. The molecule has 1 fully saturated rings. The molecule has 0 aromatic carbocycles. The second kappa shape index (κ2) is 10.0. The third-order valence-electron chi connectivity index (χ3n) is 5.61. The zero-order chi connectivity index (χ0) is 19.2. The van der Waals surface area contributed by atoms with Crippen LogP contribution in [-0.2, 0) is 22.4 Å². The van der Waals surface area contributed by atoms with Crippen molar-refractivity contribution in [3.05, 3.63) is 16.8 Å². The molecular weight excluding hydrogens is 390 g/mol. The second-order valence-corrected chi connectivity index (χ2v) is 9.74. The van der Waals surface area contributed by atoms with Gasteiger partial charge in [-0.25, -0.2) is 9.97 Å². The molecule has 2 aliphatic carbocycles. The summed E-state index contributed by atoms with van der Waals surface area (Å²) < 4.78 is 5.91. The van der Waals surface area contributed by atoms with E-state index in [2.05, 4.69) is 15.3 Å². The van der Waals surface area contributed by atoms with Gasteiger partial charge in [0.15, 0.2) is 0 Å². The number of rotatable bonds is 8. The highest BCUT2D eigenvalue weighted by Gasteiger charge is 2.20. The van der Waals surface area contributed by atoms with E-state index in [0.29, 0.717) is 18.4 Å². The lowest BCUT2D eigenvalue weighted by Crippen LogP contribution is -2.27. The van der Waals surface area contributed by atoms with Gasteiger partial charge < -0.3 is 10.1 Å². The van der Waals surface area contributed by atoms with E-state index >= 15 is 0 Å². The summed E-state index contributed by atoms with van der Waals surface area (Å²) in [5.74, 6) is 0.471. The van der Waals surface area contributed by atoms with Gasteiger partial charge in [-0.15, -0.1) is 11.3 Å². The number of hydrogen-bond donors (Lipinski definition) is 1. The van der Waals surface area contributed by atoms with Crippen LogP contribution in [0.2, 0.25) is 0 Å². The quantitative estimate of drug-likeness (QED) is 0.387. The zero-order valence-corrected chi connectivity index (χ0v) is 18.0. The molecule has 28 heavy (non-hydrogen) atoms. The first kappa shape index (κ1) is 20.1. The summed E-state index contributed by atoms with van der Waals surface area (Å²) in [6, 6.07) is 0. The molecule has 0 unspecified atom stereocenters. The van der Waals surface area contributed by atoms with E-state index in [4.69, 9.17) is 4.74 Å². The van der Waals surface area contributed by atoms with Gasteiger partial charge >= 0.3 is 0 Å². The van der Waals surface area contributed by atoms with Crippen LogP contribution in [0.15, 0.2) is 11.4 Å². The van der Waals surface area contributed by atoms with E-state index < -0.39 is 0 Å². The van der Waals surface area contributed by atoms with Crippen LogP contribution in [-0.4, -0.2) is 40.9 Å². The average molecular weight is 420 g/mol. The Morgan fingerprint density at radius 3 is 2.93 bits per heavy atom. The summed E-state index contributed by atoms with van der Waals surface area (Å²) in [7, 11) is 0. The summed E-state index contributed by atoms with van der Waals surface area (Å²) in [6.45, 7) is 1.42. The highest BCUT2D eigenvalue weighted by molar-refractivity contribution is 8.00. The molecule has 2 aromatic heterocycles.